The summed E-state index contributed by atoms with van der Waals surface area (Å²) in [4.78, 5) is 34.1. The average molecular weight is 358 g/mol. The molecule has 0 aromatic carbocycles. The van der Waals surface area contributed by atoms with Crippen molar-refractivity contribution in [3.8, 4) is 11.5 Å². The van der Waals surface area contributed by atoms with Crippen molar-refractivity contribution in [2.24, 2.45) is 0 Å². The third-order valence-electron chi connectivity index (χ3n) is 3.99. The van der Waals surface area contributed by atoms with Gasteiger partial charge < -0.3 is 26.0 Å². The SMILES string of the molecule is O=C(O)NCCC(=O)NCCNc1cccc(-c2ncc(C3CC3)[nH]2)n1. The van der Waals surface area contributed by atoms with Gasteiger partial charge in [0, 0.05) is 43.9 Å². The average Bonchev–Trinajstić information content (AvgIpc) is 3.35. The maximum Gasteiger partial charge on any atom is 0.404 e. The van der Waals surface area contributed by atoms with Crippen LogP contribution in [0.4, 0.5) is 10.6 Å². The van der Waals surface area contributed by atoms with Crippen molar-refractivity contribution < 1.29 is 14.7 Å². The highest BCUT2D eigenvalue weighted by molar-refractivity contribution is 5.76. The second-order valence-electron chi connectivity index (χ2n) is 6.13. The number of imidazole rings is 1. The summed E-state index contributed by atoms with van der Waals surface area (Å²) in [7, 11) is 0. The molecule has 3 rings (SSSR count). The standard InChI is InChI=1S/C17H22N6O3/c24-15(6-7-20-17(25)26)19-9-8-18-14-3-1-2-12(22-14)16-21-10-13(23-16)11-4-5-11/h1-3,10-11,20H,4-9H2,(H,18,22)(H,19,24)(H,21,23)(H,25,26). The third kappa shape index (κ3) is 5.20. The Hall–Kier alpha value is -3.10. The number of pyridine rings is 1. The number of carboxylic acid groups (broad SMARTS) is 1. The Balaban J connectivity index is 1.42. The van der Waals surface area contributed by atoms with Crippen molar-refractivity contribution in [1.29, 1.82) is 0 Å². The zero-order chi connectivity index (χ0) is 18.4. The smallest absolute Gasteiger partial charge is 0.404 e. The van der Waals surface area contributed by atoms with Gasteiger partial charge in [0.1, 0.15) is 11.5 Å². The van der Waals surface area contributed by atoms with Gasteiger partial charge in [0.2, 0.25) is 5.91 Å². The molecule has 2 aromatic heterocycles. The number of hydrogen-bond donors (Lipinski definition) is 5. The molecule has 2 amide bonds. The summed E-state index contributed by atoms with van der Waals surface area (Å²) in [5.41, 5.74) is 1.94. The molecule has 0 bridgehead atoms. The fourth-order valence-electron chi connectivity index (χ4n) is 2.50. The van der Waals surface area contributed by atoms with E-state index in [0.717, 1.165) is 11.5 Å². The van der Waals surface area contributed by atoms with Crippen LogP contribution in [0.5, 0.6) is 0 Å². The molecule has 0 atom stereocenters. The van der Waals surface area contributed by atoms with Crippen LogP contribution < -0.4 is 16.0 Å². The minimum Gasteiger partial charge on any atom is -0.465 e. The van der Waals surface area contributed by atoms with Crippen molar-refractivity contribution in [2.75, 3.05) is 25.0 Å². The second-order valence-corrected chi connectivity index (χ2v) is 6.13. The molecule has 9 nitrogen and oxygen atoms in total. The number of aromatic amines is 1. The first-order valence-corrected chi connectivity index (χ1v) is 8.61. The summed E-state index contributed by atoms with van der Waals surface area (Å²) in [6, 6.07) is 5.66. The van der Waals surface area contributed by atoms with E-state index >= 15 is 0 Å². The van der Waals surface area contributed by atoms with Crippen LogP contribution >= 0.6 is 0 Å². The number of aromatic nitrogens is 3. The first kappa shape index (κ1) is 17.7. The van der Waals surface area contributed by atoms with E-state index in [4.69, 9.17) is 5.11 Å². The Bertz CT molecular complexity index is 771. The molecule has 1 saturated carbocycles. The lowest BCUT2D eigenvalue weighted by Crippen LogP contribution is -2.32. The van der Waals surface area contributed by atoms with E-state index < -0.39 is 6.09 Å². The highest BCUT2D eigenvalue weighted by Crippen LogP contribution is 2.39. The molecule has 0 spiro atoms. The monoisotopic (exact) mass is 358 g/mol. The lowest BCUT2D eigenvalue weighted by atomic mass is 10.3. The largest absolute Gasteiger partial charge is 0.465 e. The van der Waals surface area contributed by atoms with E-state index in [1.165, 1.54) is 18.5 Å². The highest BCUT2D eigenvalue weighted by atomic mass is 16.4. The van der Waals surface area contributed by atoms with Gasteiger partial charge in [-0.25, -0.2) is 14.8 Å². The van der Waals surface area contributed by atoms with Crippen molar-refractivity contribution in [1.82, 2.24) is 25.6 Å². The first-order valence-electron chi connectivity index (χ1n) is 8.61. The molecule has 1 fully saturated rings. The quantitative estimate of drug-likeness (QED) is 0.432. The topological polar surface area (TPSA) is 132 Å². The summed E-state index contributed by atoms with van der Waals surface area (Å²) in [5, 5.41) is 16.4. The number of hydrogen-bond acceptors (Lipinski definition) is 5. The van der Waals surface area contributed by atoms with Crippen molar-refractivity contribution in [2.45, 2.75) is 25.2 Å². The summed E-state index contributed by atoms with van der Waals surface area (Å²) in [6.45, 7) is 1.04. The molecular formula is C17H22N6O3. The normalized spacial score (nSPS) is 13.2. The van der Waals surface area contributed by atoms with Crippen LogP contribution in [0.1, 0.15) is 30.9 Å². The maximum absolute atomic E-state index is 11.5. The Kier molecular flexibility index (Phi) is 5.67. The van der Waals surface area contributed by atoms with Crippen LogP contribution in [0.15, 0.2) is 24.4 Å². The summed E-state index contributed by atoms with van der Waals surface area (Å²) in [6.07, 6.45) is 3.29. The van der Waals surface area contributed by atoms with E-state index in [-0.39, 0.29) is 18.9 Å². The summed E-state index contributed by atoms with van der Waals surface area (Å²) < 4.78 is 0. The van der Waals surface area contributed by atoms with E-state index in [0.29, 0.717) is 24.8 Å². The number of nitrogens with one attached hydrogen (secondary N) is 4. The van der Waals surface area contributed by atoms with E-state index in [1.807, 2.05) is 24.4 Å². The Morgan fingerprint density at radius 3 is 2.81 bits per heavy atom. The molecule has 5 N–H and O–H groups in total. The van der Waals surface area contributed by atoms with Crippen LogP contribution in [-0.2, 0) is 4.79 Å². The molecule has 26 heavy (non-hydrogen) atoms. The van der Waals surface area contributed by atoms with E-state index in [9.17, 15) is 9.59 Å². The Morgan fingerprint density at radius 1 is 1.19 bits per heavy atom. The van der Waals surface area contributed by atoms with Crippen molar-refractivity contribution in [3.63, 3.8) is 0 Å². The summed E-state index contributed by atoms with van der Waals surface area (Å²) >= 11 is 0. The van der Waals surface area contributed by atoms with Gasteiger partial charge in [-0.2, -0.15) is 0 Å². The number of rotatable bonds is 9. The van der Waals surface area contributed by atoms with E-state index in [2.05, 4.69) is 30.9 Å². The first-order chi connectivity index (χ1) is 12.6. The minimum absolute atomic E-state index is 0.101. The molecule has 1 aliphatic carbocycles. The number of carbonyl (C=O) groups is 2. The predicted molar refractivity (Wildman–Crippen MR) is 95.9 cm³/mol. The number of nitrogens with zero attached hydrogens (tertiary/aromatic N) is 2. The zero-order valence-corrected chi connectivity index (χ0v) is 14.3. The van der Waals surface area contributed by atoms with Crippen molar-refractivity contribution >= 4 is 17.8 Å². The minimum atomic E-state index is -1.13. The third-order valence-corrected chi connectivity index (χ3v) is 3.99. The van der Waals surface area contributed by atoms with Crippen LogP contribution in [0.2, 0.25) is 0 Å². The molecule has 1 aliphatic rings. The van der Waals surface area contributed by atoms with Crippen LogP contribution in [0, 0.1) is 0 Å². The second kappa shape index (κ2) is 8.32. The van der Waals surface area contributed by atoms with Gasteiger partial charge in [-0.05, 0) is 25.0 Å². The molecule has 0 unspecified atom stereocenters. The molecular weight excluding hydrogens is 336 g/mol. The van der Waals surface area contributed by atoms with E-state index in [1.54, 1.807) is 0 Å². The number of H-pyrrole nitrogens is 1. The van der Waals surface area contributed by atoms with Crippen molar-refractivity contribution in [3.05, 3.63) is 30.1 Å². The van der Waals surface area contributed by atoms with Crippen LogP contribution in [0.3, 0.4) is 0 Å². The van der Waals surface area contributed by atoms with Crippen LogP contribution in [-0.4, -0.2) is 51.7 Å². The molecule has 0 saturated heterocycles. The molecule has 0 aliphatic heterocycles. The van der Waals surface area contributed by atoms with Gasteiger partial charge >= 0.3 is 6.09 Å². The van der Waals surface area contributed by atoms with Gasteiger partial charge in [-0.15, -0.1) is 0 Å². The fourth-order valence-corrected chi connectivity index (χ4v) is 2.50. The molecule has 138 valence electrons. The van der Waals surface area contributed by atoms with Gasteiger partial charge in [0.05, 0.1) is 0 Å². The molecule has 9 heteroatoms. The van der Waals surface area contributed by atoms with Gasteiger partial charge in [0.15, 0.2) is 5.82 Å². The van der Waals surface area contributed by atoms with Crippen LogP contribution in [0.25, 0.3) is 11.5 Å². The lowest BCUT2D eigenvalue weighted by Gasteiger charge is -2.08. The molecule has 2 aromatic rings. The number of anilines is 1. The molecule has 2 heterocycles. The molecule has 0 radical (unpaired) electrons. The van der Waals surface area contributed by atoms with Gasteiger partial charge in [-0.1, -0.05) is 6.07 Å². The lowest BCUT2D eigenvalue weighted by molar-refractivity contribution is -0.120. The predicted octanol–water partition coefficient (Wildman–Crippen LogP) is 1.53. The number of carbonyl (C=O) groups excluding carboxylic acids is 1. The highest BCUT2D eigenvalue weighted by Gasteiger charge is 2.25. The fraction of sp³-hybridized carbons (Fsp3) is 0.412. The summed E-state index contributed by atoms with van der Waals surface area (Å²) in [5.74, 6) is 1.88. The number of amides is 2. The maximum atomic E-state index is 11.5. The van der Waals surface area contributed by atoms with Gasteiger partial charge in [0.25, 0.3) is 0 Å². The van der Waals surface area contributed by atoms with Gasteiger partial charge in [-0.3, -0.25) is 4.79 Å². The Morgan fingerprint density at radius 2 is 2.04 bits per heavy atom. The Labute approximate surface area is 150 Å². The zero-order valence-electron chi connectivity index (χ0n) is 14.3.